The highest BCUT2D eigenvalue weighted by molar-refractivity contribution is 5.95. The normalized spacial score (nSPS) is 11.3. The van der Waals surface area contributed by atoms with E-state index in [0.717, 1.165) is 44.6 Å². The number of nitrogens with one attached hydrogen (secondary N) is 1. The van der Waals surface area contributed by atoms with E-state index in [1.807, 2.05) is 0 Å². The molecule has 0 saturated heterocycles. The van der Waals surface area contributed by atoms with Crippen LogP contribution in [0.15, 0.2) is 18.2 Å². The number of nitro benzene ring substituents is 1. The molecule has 1 aromatic carbocycles. The fourth-order valence-corrected chi connectivity index (χ4v) is 2.22. The number of carbonyl (C=O) groups is 1. The number of hydrogen-bond donors (Lipinski definition) is 1. The molecule has 0 spiro atoms. The third-order valence-electron chi connectivity index (χ3n) is 3.53. The van der Waals surface area contributed by atoms with Crippen molar-refractivity contribution in [1.29, 1.82) is 0 Å². The van der Waals surface area contributed by atoms with E-state index in [1.54, 1.807) is 0 Å². The molecule has 1 N–H and O–H groups in total. The van der Waals surface area contributed by atoms with E-state index >= 15 is 0 Å². The largest absolute Gasteiger partial charge is 0.416 e. The van der Waals surface area contributed by atoms with Crippen molar-refractivity contribution in [2.45, 2.75) is 51.6 Å². The summed E-state index contributed by atoms with van der Waals surface area (Å²) in [7, 11) is 0. The minimum atomic E-state index is -4.75. The van der Waals surface area contributed by atoms with Gasteiger partial charge in [-0.3, -0.25) is 14.9 Å². The average molecular weight is 346 g/mol. The van der Waals surface area contributed by atoms with Crippen LogP contribution >= 0.6 is 0 Å². The summed E-state index contributed by atoms with van der Waals surface area (Å²) < 4.78 is 38.3. The highest BCUT2D eigenvalue weighted by Gasteiger charge is 2.33. The van der Waals surface area contributed by atoms with Gasteiger partial charge in [-0.2, -0.15) is 13.2 Å². The summed E-state index contributed by atoms with van der Waals surface area (Å²) in [6.45, 7) is 2.43. The topological polar surface area (TPSA) is 72.2 Å². The van der Waals surface area contributed by atoms with Crippen LogP contribution in [0.2, 0.25) is 0 Å². The number of carbonyl (C=O) groups excluding carboxylic acids is 1. The summed E-state index contributed by atoms with van der Waals surface area (Å²) in [6, 6.07) is 1.90. The fourth-order valence-electron chi connectivity index (χ4n) is 2.22. The maximum Gasteiger partial charge on any atom is 0.416 e. The van der Waals surface area contributed by atoms with Gasteiger partial charge in [-0.25, -0.2) is 0 Å². The number of nitro groups is 1. The Morgan fingerprint density at radius 3 is 2.33 bits per heavy atom. The molecule has 0 aromatic heterocycles. The van der Waals surface area contributed by atoms with Crippen molar-refractivity contribution in [2.75, 3.05) is 6.54 Å². The fraction of sp³-hybridized carbons (Fsp3) is 0.562. The number of hydrogen-bond acceptors (Lipinski definition) is 3. The summed E-state index contributed by atoms with van der Waals surface area (Å²) in [5, 5.41) is 13.3. The second-order valence-electron chi connectivity index (χ2n) is 5.55. The van der Waals surface area contributed by atoms with Gasteiger partial charge in [-0.05, 0) is 12.5 Å². The van der Waals surface area contributed by atoms with Gasteiger partial charge in [0.1, 0.15) is 0 Å². The minimum Gasteiger partial charge on any atom is -0.352 e. The molecule has 134 valence electrons. The van der Waals surface area contributed by atoms with E-state index < -0.39 is 28.3 Å². The van der Waals surface area contributed by atoms with E-state index in [9.17, 15) is 28.1 Å². The molecule has 0 atom stereocenters. The van der Waals surface area contributed by atoms with Crippen molar-refractivity contribution in [1.82, 2.24) is 5.32 Å². The molecule has 1 amide bonds. The highest BCUT2D eigenvalue weighted by Crippen LogP contribution is 2.32. The summed E-state index contributed by atoms with van der Waals surface area (Å²) in [6.07, 6.45) is 1.33. The first-order valence-electron chi connectivity index (χ1n) is 7.90. The lowest BCUT2D eigenvalue weighted by atomic mass is 10.1. The second kappa shape index (κ2) is 9.24. The number of unbranched alkanes of at least 4 members (excludes halogenated alkanes) is 5. The van der Waals surface area contributed by atoms with Crippen LogP contribution in [0.3, 0.4) is 0 Å². The van der Waals surface area contributed by atoms with Crippen LogP contribution in [0, 0.1) is 10.1 Å². The van der Waals surface area contributed by atoms with Gasteiger partial charge in [0.15, 0.2) is 0 Å². The van der Waals surface area contributed by atoms with Gasteiger partial charge in [0.2, 0.25) is 0 Å². The molecule has 5 nitrogen and oxygen atoms in total. The van der Waals surface area contributed by atoms with Gasteiger partial charge in [-0.15, -0.1) is 0 Å². The molecule has 0 heterocycles. The monoisotopic (exact) mass is 346 g/mol. The van der Waals surface area contributed by atoms with Crippen molar-refractivity contribution < 1.29 is 22.9 Å². The van der Waals surface area contributed by atoms with E-state index in [4.69, 9.17) is 0 Å². The Hall–Kier alpha value is -2.12. The van der Waals surface area contributed by atoms with E-state index in [0.29, 0.717) is 18.7 Å². The standard InChI is InChI=1S/C16H21F3N2O3/c1-2-3-4-5-6-7-8-20-15(22)12-9-13(16(17,18)19)11-14(10-12)21(23)24/h9-11H,2-8H2,1H3,(H,20,22). The zero-order valence-corrected chi connectivity index (χ0v) is 13.5. The number of rotatable bonds is 9. The SMILES string of the molecule is CCCCCCCCNC(=O)c1cc([N+](=O)[O-])cc(C(F)(F)F)c1. The minimum absolute atomic E-state index is 0.328. The average Bonchev–Trinajstić information content (AvgIpc) is 2.52. The number of alkyl halides is 3. The van der Waals surface area contributed by atoms with Crippen LogP contribution in [0.4, 0.5) is 18.9 Å². The Morgan fingerprint density at radius 1 is 1.12 bits per heavy atom. The second-order valence-corrected chi connectivity index (χ2v) is 5.55. The third-order valence-corrected chi connectivity index (χ3v) is 3.53. The molecular weight excluding hydrogens is 325 g/mol. The smallest absolute Gasteiger partial charge is 0.352 e. The molecule has 8 heteroatoms. The van der Waals surface area contributed by atoms with Crippen LogP contribution in [-0.2, 0) is 6.18 Å². The maximum absolute atomic E-state index is 12.8. The molecule has 0 saturated carbocycles. The van der Waals surface area contributed by atoms with Crippen LogP contribution < -0.4 is 5.32 Å². The van der Waals surface area contributed by atoms with Crippen LogP contribution in [0.5, 0.6) is 0 Å². The Morgan fingerprint density at radius 2 is 1.75 bits per heavy atom. The Kier molecular flexibility index (Phi) is 7.67. The molecule has 1 rings (SSSR count). The molecular formula is C16H21F3N2O3. The molecule has 1 aromatic rings. The molecule has 0 unspecified atom stereocenters. The maximum atomic E-state index is 12.8. The number of non-ortho nitro benzene ring substituents is 1. The van der Waals surface area contributed by atoms with Gasteiger partial charge in [0.25, 0.3) is 11.6 Å². The third kappa shape index (κ3) is 6.55. The Labute approximate surface area is 138 Å². The van der Waals surface area contributed by atoms with Crippen LogP contribution in [0.25, 0.3) is 0 Å². The molecule has 0 aliphatic carbocycles. The number of amides is 1. The van der Waals surface area contributed by atoms with Gasteiger partial charge in [0, 0.05) is 24.2 Å². The van der Waals surface area contributed by atoms with Crippen LogP contribution in [0.1, 0.15) is 61.4 Å². The number of benzene rings is 1. The highest BCUT2D eigenvalue weighted by atomic mass is 19.4. The predicted octanol–water partition coefficient (Wildman–Crippen LogP) is 4.70. The van der Waals surface area contributed by atoms with Crippen molar-refractivity contribution in [3.8, 4) is 0 Å². The van der Waals surface area contributed by atoms with Crippen molar-refractivity contribution >= 4 is 11.6 Å². The van der Waals surface area contributed by atoms with E-state index in [1.165, 1.54) is 0 Å². The van der Waals surface area contributed by atoms with Crippen LogP contribution in [-0.4, -0.2) is 17.4 Å². The summed E-state index contributed by atoms with van der Waals surface area (Å²) in [5.74, 6) is -0.738. The first-order valence-corrected chi connectivity index (χ1v) is 7.90. The Bertz CT molecular complexity index is 574. The summed E-state index contributed by atoms with van der Waals surface area (Å²) in [5.41, 5.74) is -2.32. The molecule has 0 aliphatic heterocycles. The van der Waals surface area contributed by atoms with Gasteiger partial charge >= 0.3 is 6.18 Å². The molecule has 0 fully saturated rings. The first-order chi connectivity index (χ1) is 11.3. The summed E-state index contributed by atoms with van der Waals surface area (Å²) in [4.78, 5) is 21.7. The number of halogens is 3. The van der Waals surface area contributed by atoms with Crippen molar-refractivity contribution in [3.63, 3.8) is 0 Å². The molecule has 0 aliphatic rings. The Balaban J connectivity index is 2.66. The summed E-state index contributed by atoms with van der Waals surface area (Å²) >= 11 is 0. The zero-order valence-electron chi connectivity index (χ0n) is 13.5. The van der Waals surface area contributed by atoms with Crippen molar-refractivity contribution in [3.05, 3.63) is 39.4 Å². The molecule has 0 bridgehead atoms. The zero-order chi connectivity index (χ0) is 18.2. The quantitative estimate of drug-likeness (QED) is 0.400. The van der Waals surface area contributed by atoms with Gasteiger partial charge in [-0.1, -0.05) is 39.0 Å². The molecule has 24 heavy (non-hydrogen) atoms. The molecule has 0 radical (unpaired) electrons. The number of nitrogens with zero attached hydrogens (tertiary/aromatic N) is 1. The van der Waals surface area contributed by atoms with Gasteiger partial charge < -0.3 is 5.32 Å². The van der Waals surface area contributed by atoms with E-state index in [2.05, 4.69) is 12.2 Å². The lowest BCUT2D eigenvalue weighted by Crippen LogP contribution is -2.25. The van der Waals surface area contributed by atoms with Crippen molar-refractivity contribution in [2.24, 2.45) is 0 Å². The lowest BCUT2D eigenvalue weighted by Gasteiger charge is -2.10. The predicted molar refractivity (Wildman–Crippen MR) is 83.8 cm³/mol. The van der Waals surface area contributed by atoms with Gasteiger partial charge in [0.05, 0.1) is 10.5 Å². The van der Waals surface area contributed by atoms with E-state index in [-0.39, 0.29) is 5.56 Å². The lowest BCUT2D eigenvalue weighted by molar-refractivity contribution is -0.385. The first kappa shape index (κ1) is 19.9.